The van der Waals surface area contributed by atoms with Gasteiger partial charge in [-0.25, -0.2) is 0 Å². The molecular weight excluding hydrogens is 228 g/mol. The van der Waals surface area contributed by atoms with E-state index < -0.39 is 5.97 Å². The van der Waals surface area contributed by atoms with Crippen molar-refractivity contribution in [3.05, 3.63) is 0 Å². The first-order valence-corrected chi connectivity index (χ1v) is 7.33. The Kier molecular flexibility index (Phi) is 5.01. The van der Waals surface area contributed by atoms with Crippen molar-refractivity contribution in [2.45, 2.75) is 45.1 Å². The first-order valence-electron chi connectivity index (χ1n) is 7.33. The third-order valence-electron chi connectivity index (χ3n) is 4.47. The number of hydrogen-bond acceptors (Lipinski definition) is 3. The van der Waals surface area contributed by atoms with Crippen molar-refractivity contribution in [1.82, 2.24) is 9.80 Å². The average molecular weight is 254 g/mol. The van der Waals surface area contributed by atoms with E-state index in [-0.39, 0.29) is 6.42 Å². The van der Waals surface area contributed by atoms with E-state index in [4.69, 9.17) is 5.11 Å². The number of aliphatic carboxylic acids is 1. The molecule has 1 saturated carbocycles. The van der Waals surface area contributed by atoms with Gasteiger partial charge in [0.25, 0.3) is 0 Å². The minimum absolute atomic E-state index is 0.278. The molecule has 4 heteroatoms. The van der Waals surface area contributed by atoms with Gasteiger partial charge in [0, 0.05) is 38.8 Å². The highest BCUT2D eigenvalue weighted by Crippen LogP contribution is 2.27. The van der Waals surface area contributed by atoms with E-state index in [0.717, 1.165) is 38.1 Å². The molecule has 0 spiro atoms. The summed E-state index contributed by atoms with van der Waals surface area (Å²) in [6.45, 7) is 7.41. The van der Waals surface area contributed by atoms with Crippen LogP contribution in [0.3, 0.4) is 0 Å². The van der Waals surface area contributed by atoms with Gasteiger partial charge in [0.15, 0.2) is 0 Å². The molecule has 1 saturated heterocycles. The fourth-order valence-corrected chi connectivity index (χ4v) is 3.34. The number of carboxylic acid groups (broad SMARTS) is 1. The standard InChI is InChI=1S/C14H26N2O2/c1-12-3-2-4-13(11-12)16-9-7-15(8-10-16)6-5-14(17)18/h12-13H,2-11H2,1H3,(H,17,18). The summed E-state index contributed by atoms with van der Waals surface area (Å²) in [4.78, 5) is 15.5. The molecule has 2 atom stereocenters. The SMILES string of the molecule is CC1CCCC(N2CCN(CCC(=O)O)CC2)C1. The highest BCUT2D eigenvalue weighted by atomic mass is 16.4. The summed E-state index contributed by atoms with van der Waals surface area (Å²) in [5, 5.41) is 8.69. The average Bonchev–Trinajstić information content (AvgIpc) is 2.37. The second kappa shape index (κ2) is 6.53. The summed E-state index contributed by atoms with van der Waals surface area (Å²) in [6, 6.07) is 0.787. The maximum atomic E-state index is 10.6. The van der Waals surface area contributed by atoms with Crippen LogP contribution in [0.2, 0.25) is 0 Å². The Morgan fingerprint density at radius 3 is 2.56 bits per heavy atom. The van der Waals surface area contributed by atoms with Gasteiger partial charge < -0.3 is 10.0 Å². The van der Waals surface area contributed by atoms with E-state index >= 15 is 0 Å². The topological polar surface area (TPSA) is 43.8 Å². The van der Waals surface area contributed by atoms with Crippen molar-refractivity contribution in [1.29, 1.82) is 0 Å². The van der Waals surface area contributed by atoms with Gasteiger partial charge in [0.05, 0.1) is 6.42 Å². The molecule has 0 aromatic carbocycles. The highest BCUT2D eigenvalue weighted by molar-refractivity contribution is 5.66. The van der Waals surface area contributed by atoms with Gasteiger partial charge in [-0.1, -0.05) is 19.8 Å². The van der Waals surface area contributed by atoms with Crippen molar-refractivity contribution < 1.29 is 9.90 Å². The maximum absolute atomic E-state index is 10.6. The molecule has 1 heterocycles. The van der Waals surface area contributed by atoms with Gasteiger partial charge >= 0.3 is 5.97 Å². The molecule has 4 nitrogen and oxygen atoms in total. The van der Waals surface area contributed by atoms with Crippen molar-refractivity contribution in [3.63, 3.8) is 0 Å². The Bertz CT molecular complexity index is 275. The predicted molar refractivity (Wildman–Crippen MR) is 71.7 cm³/mol. The molecule has 1 aliphatic carbocycles. The first-order chi connectivity index (χ1) is 8.65. The molecule has 104 valence electrons. The Morgan fingerprint density at radius 1 is 1.22 bits per heavy atom. The minimum atomic E-state index is -0.682. The zero-order valence-corrected chi connectivity index (χ0v) is 11.5. The summed E-state index contributed by atoms with van der Waals surface area (Å²) >= 11 is 0. The van der Waals surface area contributed by atoms with Gasteiger partial charge in [-0.3, -0.25) is 9.69 Å². The summed E-state index contributed by atoms with van der Waals surface area (Å²) in [7, 11) is 0. The molecule has 0 radical (unpaired) electrons. The van der Waals surface area contributed by atoms with Crippen LogP contribution in [0.15, 0.2) is 0 Å². The van der Waals surface area contributed by atoms with Gasteiger partial charge in [-0.15, -0.1) is 0 Å². The third kappa shape index (κ3) is 3.95. The fraction of sp³-hybridized carbons (Fsp3) is 0.929. The van der Waals surface area contributed by atoms with Crippen LogP contribution in [-0.2, 0) is 4.79 Å². The van der Waals surface area contributed by atoms with Gasteiger partial charge in [-0.05, 0) is 18.8 Å². The lowest BCUT2D eigenvalue weighted by Crippen LogP contribution is -2.51. The zero-order chi connectivity index (χ0) is 13.0. The summed E-state index contributed by atoms with van der Waals surface area (Å²) in [5.74, 6) is 0.201. The molecule has 2 unspecified atom stereocenters. The third-order valence-corrected chi connectivity index (χ3v) is 4.47. The molecule has 0 bridgehead atoms. The lowest BCUT2D eigenvalue weighted by Gasteiger charge is -2.41. The van der Waals surface area contributed by atoms with Crippen molar-refractivity contribution in [2.75, 3.05) is 32.7 Å². The second-order valence-corrected chi connectivity index (χ2v) is 5.95. The van der Waals surface area contributed by atoms with E-state index in [1.54, 1.807) is 0 Å². The molecule has 0 aromatic rings. The fourth-order valence-electron chi connectivity index (χ4n) is 3.34. The van der Waals surface area contributed by atoms with Gasteiger partial charge in [0.2, 0.25) is 0 Å². The molecule has 2 fully saturated rings. The number of rotatable bonds is 4. The lowest BCUT2D eigenvalue weighted by molar-refractivity contribution is -0.137. The smallest absolute Gasteiger partial charge is 0.304 e. The Hall–Kier alpha value is -0.610. The van der Waals surface area contributed by atoms with Crippen molar-refractivity contribution in [2.24, 2.45) is 5.92 Å². The van der Waals surface area contributed by atoms with E-state index in [0.29, 0.717) is 6.54 Å². The molecular formula is C14H26N2O2. The summed E-state index contributed by atoms with van der Waals surface area (Å²) < 4.78 is 0. The Labute approximate surface area is 110 Å². The quantitative estimate of drug-likeness (QED) is 0.828. The van der Waals surface area contributed by atoms with E-state index in [1.807, 2.05) is 0 Å². The molecule has 1 N–H and O–H groups in total. The molecule has 2 rings (SSSR count). The largest absolute Gasteiger partial charge is 0.481 e. The van der Waals surface area contributed by atoms with E-state index in [9.17, 15) is 4.79 Å². The summed E-state index contributed by atoms with van der Waals surface area (Å²) in [6.07, 6.45) is 5.77. The normalized spacial score (nSPS) is 31.4. The molecule has 0 amide bonds. The van der Waals surface area contributed by atoms with Crippen LogP contribution in [0.5, 0.6) is 0 Å². The van der Waals surface area contributed by atoms with Crippen LogP contribution in [-0.4, -0.2) is 59.6 Å². The van der Waals surface area contributed by atoms with E-state index in [2.05, 4.69) is 16.7 Å². The second-order valence-electron chi connectivity index (χ2n) is 5.95. The van der Waals surface area contributed by atoms with Crippen molar-refractivity contribution >= 4 is 5.97 Å². The number of carboxylic acids is 1. The van der Waals surface area contributed by atoms with Crippen LogP contribution in [0.4, 0.5) is 0 Å². The Morgan fingerprint density at radius 2 is 1.94 bits per heavy atom. The minimum Gasteiger partial charge on any atom is -0.481 e. The maximum Gasteiger partial charge on any atom is 0.304 e. The van der Waals surface area contributed by atoms with Crippen LogP contribution >= 0.6 is 0 Å². The monoisotopic (exact) mass is 254 g/mol. The van der Waals surface area contributed by atoms with Gasteiger partial charge in [-0.2, -0.15) is 0 Å². The first kappa shape index (κ1) is 13.8. The number of carbonyl (C=O) groups is 1. The molecule has 1 aliphatic heterocycles. The number of piperazine rings is 1. The van der Waals surface area contributed by atoms with Gasteiger partial charge in [0.1, 0.15) is 0 Å². The zero-order valence-electron chi connectivity index (χ0n) is 11.5. The highest BCUT2D eigenvalue weighted by Gasteiger charge is 2.27. The molecule has 18 heavy (non-hydrogen) atoms. The summed E-state index contributed by atoms with van der Waals surface area (Å²) in [5.41, 5.74) is 0. The lowest BCUT2D eigenvalue weighted by atomic mass is 9.86. The molecule has 2 aliphatic rings. The predicted octanol–water partition coefficient (Wildman–Crippen LogP) is 1.66. The van der Waals surface area contributed by atoms with E-state index in [1.165, 1.54) is 25.7 Å². The van der Waals surface area contributed by atoms with Crippen molar-refractivity contribution in [3.8, 4) is 0 Å². The number of hydrogen-bond donors (Lipinski definition) is 1. The van der Waals surface area contributed by atoms with Crippen LogP contribution in [0.25, 0.3) is 0 Å². The van der Waals surface area contributed by atoms with Crippen LogP contribution in [0.1, 0.15) is 39.0 Å². The van der Waals surface area contributed by atoms with Crippen LogP contribution < -0.4 is 0 Å². The number of nitrogens with zero attached hydrogens (tertiary/aromatic N) is 2. The van der Waals surface area contributed by atoms with Crippen LogP contribution in [0, 0.1) is 5.92 Å². The molecule has 0 aromatic heterocycles. The Balaban J connectivity index is 1.71.